The molecule has 0 heterocycles. The Morgan fingerprint density at radius 2 is 1.88 bits per heavy atom. The fourth-order valence-corrected chi connectivity index (χ4v) is 2.36. The number of rotatable bonds is 2. The topological polar surface area (TPSA) is 46.2 Å². The molecule has 1 aliphatic carbocycles. The summed E-state index contributed by atoms with van der Waals surface area (Å²) in [5.74, 6) is 0.0220. The first-order chi connectivity index (χ1) is 7.53. The van der Waals surface area contributed by atoms with E-state index in [1.165, 1.54) is 18.2 Å². The second-order valence-electron chi connectivity index (χ2n) is 4.44. The van der Waals surface area contributed by atoms with E-state index in [0.29, 0.717) is 5.56 Å². The molecule has 1 saturated carbocycles. The van der Waals surface area contributed by atoms with Crippen molar-refractivity contribution in [3.63, 3.8) is 0 Å². The molecule has 0 unspecified atom stereocenters. The molecule has 0 bridgehead atoms. The number of aromatic hydroxyl groups is 1. The Kier molecular flexibility index (Phi) is 2.84. The van der Waals surface area contributed by atoms with Gasteiger partial charge in [-0.05, 0) is 31.0 Å². The molecule has 1 aromatic rings. The summed E-state index contributed by atoms with van der Waals surface area (Å²) in [4.78, 5) is 0. The molecule has 0 atom stereocenters. The summed E-state index contributed by atoms with van der Waals surface area (Å²) in [5.41, 5.74) is 5.90. The van der Waals surface area contributed by atoms with E-state index in [0.717, 1.165) is 25.7 Å². The van der Waals surface area contributed by atoms with Crippen LogP contribution in [0.2, 0.25) is 0 Å². The van der Waals surface area contributed by atoms with Crippen LogP contribution in [-0.2, 0) is 5.54 Å². The predicted octanol–water partition coefficient (Wildman–Crippen LogP) is 3.06. The minimum atomic E-state index is -2.52. The van der Waals surface area contributed by atoms with E-state index in [-0.39, 0.29) is 11.3 Å². The molecule has 2 nitrogen and oxygen atoms in total. The molecule has 0 radical (unpaired) electrons. The van der Waals surface area contributed by atoms with E-state index in [1.54, 1.807) is 0 Å². The van der Waals surface area contributed by atoms with Crippen LogP contribution in [0.15, 0.2) is 18.2 Å². The van der Waals surface area contributed by atoms with E-state index < -0.39 is 12.0 Å². The number of hydrogen-bond donors (Lipinski definition) is 2. The lowest BCUT2D eigenvalue weighted by Crippen LogP contribution is -2.33. The summed E-state index contributed by atoms with van der Waals surface area (Å²) < 4.78 is 25.1. The van der Waals surface area contributed by atoms with Crippen molar-refractivity contribution in [1.29, 1.82) is 0 Å². The first-order valence-corrected chi connectivity index (χ1v) is 5.43. The molecule has 0 aromatic heterocycles. The molecular weight excluding hydrogens is 212 g/mol. The van der Waals surface area contributed by atoms with Gasteiger partial charge in [0.2, 0.25) is 0 Å². The van der Waals surface area contributed by atoms with Crippen LogP contribution in [0.1, 0.15) is 43.2 Å². The standard InChI is InChI=1S/C12H15F2NO/c13-11(14)8-3-4-10(16)9(7-8)12(15)5-1-2-6-12/h3-4,7,11,16H,1-2,5-6,15H2. The molecule has 2 rings (SSSR count). The van der Waals surface area contributed by atoms with Crippen LogP contribution in [0.4, 0.5) is 8.78 Å². The summed E-state index contributed by atoms with van der Waals surface area (Å²) in [5, 5.41) is 9.72. The number of benzene rings is 1. The highest BCUT2D eigenvalue weighted by atomic mass is 19.3. The van der Waals surface area contributed by atoms with Gasteiger partial charge >= 0.3 is 0 Å². The molecule has 1 aliphatic rings. The lowest BCUT2D eigenvalue weighted by Gasteiger charge is -2.25. The number of halogens is 2. The summed E-state index contributed by atoms with van der Waals surface area (Å²) in [6, 6.07) is 3.89. The van der Waals surface area contributed by atoms with Crippen molar-refractivity contribution in [2.24, 2.45) is 5.73 Å². The van der Waals surface area contributed by atoms with Crippen molar-refractivity contribution >= 4 is 0 Å². The third-order valence-corrected chi connectivity index (χ3v) is 3.30. The summed E-state index contributed by atoms with van der Waals surface area (Å²) in [6.45, 7) is 0. The molecule has 88 valence electrons. The van der Waals surface area contributed by atoms with E-state index in [9.17, 15) is 13.9 Å². The second kappa shape index (κ2) is 4.01. The molecule has 16 heavy (non-hydrogen) atoms. The van der Waals surface area contributed by atoms with Gasteiger partial charge in [-0.25, -0.2) is 8.78 Å². The van der Waals surface area contributed by atoms with Crippen molar-refractivity contribution in [2.45, 2.75) is 37.6 Å². The van der Waals surface area contributed by atoms with Crippen molar-refractivity contribution in [1.82, 2.24) is 0 Å². The maximum Gasteiger partial charge on any atom is 0.263 e. The van der Waals surface area contributed by atoms with E-state index in [4.69, 9.17) is 5.73 Å². The number of nitrogens with two attached hydrogens (primary N) is 1. The van der Waals surface area contributed by atoms with Crippen LogP contribution in [0.25, 0.3) is 0 Å². The maximum atomic E-state index is 12.6. The van der Waals surface area contributed by atoms with Gasteiger partial charge in [-0.3, -0.25) is 0 Å². The lowest BCUT2D eigenvalue weighted by molar-refractivity contribution is 0.151. The largest absolute Gasteiger partial charge is 0.508 e. The van der Waals surface area contributed by atoms with Gasteiger partial charge in [0.05, 0.1) is 0 Å². The number of phenols is 1. The average Bonchev–Trinajstić information content (AvgIpc) is 2.66. The van der Waals surface area contributed by atoms with Gasteiger partial charge in [-0.1, -0.05) is 12.8 Å². The van der Waals surface area contributed by atoms with Crippen molar-refractivity contribution in [3.8, 4) is 5.75 Å². The molecular formula is C12H15F2NO. The Bertz CT molecular complexity index is 387. The van der Waals surface area contributed by atoms with Gasteiger partial charge < -0.3 is 10.8 Å². The highest BCUT2D eigenvalue weighted by molar-refractivity contribution is 5.42. The van der Waals surface area contributed by atoms with Gasteiger partial charge in [-0.15, -0.1) is 0 Å². The zero-order valence-corrected chi connectivity index (χ0v) is 8.92. The highest BCUT2D eigenvalue weighted by Crippen LogP contribution is 2.41. The first-order valence-electron chi connectivity index (χ1n) is 5.43. The second-order valence-corrected chi connectivity index (χ2v) is 4.44. The fraction of sp³-hybridized carbons (Fsp3) is 0.500. The summed E-state index contributed by atoms with van der Waals surface area (Å²) in [6.07, 6.45) is 0.925. The van der Waals surface area contributed by atoms with Crippen LogP contribution in [-0.4, -0.2) is 5.11 Å². The Balaban J connectivity index is 2.42. The predicted molar refractivity (Wildman–Crippen MR) is 57.4 cm³/mol. The Hall–Kier alpha value is -1.16. The van der Waals surface area contributed by atoms with E-state index in [2.05, 4.69) is 0 Å². The van der Waals surface area contributed by atoms with Crippen LogP contribution in [0, 0.1) is 0 Å². The minimum absolute atomic E-state index is 0.0220. The van der Waals surface area contributed by atoms with Gasteiger partial charge in [-0.2, -0.15) is 0 Å². The maximum absolute atomic E-state index is 12.6. The zero-order valence-electron chi connectivity index (χ0n) is 8.92. The number of hydrogen-bond acceptors (Lipinski definition) is 2. The van der Waals surface area contributed by atoms with Gasteiger partial charge in [0.15, 0.2) is 0 Å². The zero-order chi connectivity index (χ0) is 11.8. The molecule has 0 aliphatic heterocycles. The van der Waals surface area contributed by atoms with Gasteiger partial charge in [0.1, 0.15) is 5.75 Å². The smallest absolute Gasteiger partial charge is 0.263 e. The normalized spacial score (nSPS) is 19.2. The third kappa shape index (κ3) is 1.89. The van der Waals surface area contributed by atoms with E-state index >= 15 is 0 Å². The van der Waals surface area contributed by atoms with Crippen LogP contribution in [0.5, 0.6) is 5.75 Å². The molecule has 0 spiro atoms. The molecule has 4 heteroatoms. The molecule has 1 aromatic carbocycles. The SMILES string of the molecule is NC1(c2cc(C(F)F)ccc2O)CCCC1. The molecule has 0 saturated heterocycles. The average molecular weight is 227 g/mol. The Morgan fingerprint density at radius 3 is 2.44 bits per heavy atom. The summed E-state index contributed by atoms with van der Waals surface area (Å²) in [7, 11) is 0. The monoisotopic (exact) mass is 227 g/mol. The number of phenolic OH excluding ortho intramolecular Hbond substituents is 1. The van der Waals surface area contributed by atoms with Crippen LogP contribution in [0.3, 0.4) is 0 Å². The van der Waals surface area contributed by atoms with Crippen molar-refractivity contribution in [3.05, 3.63) is 29.3 Å². The minimum Gasteiger partial charge on any atom is -0.508 e. The number of alkyl halides is 2. The first kappa shape index (κ1) is 11.3. The lowest BCUT2D eigenvalue weighted by atomic mass is 9.87. The van der Waals surface area contributed by atoms with Crippen molar-refractivity contribution in [2.75, 3.05) is 0 Å². The Morgan fingerprint density at radius 1 is 1.25 bits per heavy atom. The highest BCUT2D eigenvalue weighted by Gasteiger charge is 2.34. The molecule has 0 amide bonds. The van der Waals surface area contributed by atoms with Crippen molar-refractivity contribution < 1.29 is 13.9 Å². The van der Waals surface area contributed by atoms with Gasteiger partial charge in [0, 0.05) is 16.7 Å². The van der Waals surface area contributed by atoms with E-state index in [1.807, 2.05) is 0 Å². The third-order valence-electron chi connectivity index (χ3n) is 3.30. The quantitative estimate of drug-likeness (QED) is 0.815. The van der Waals surface area contributed by atoms with Gasteiger partial charge in [0.25, 0.3) is 6.43 Å². The van der Waals surface area contributed by atoms with Crippen LogP contribution >= 0.6 is 0 Å². The fourth-order valence-electron chi connectivity index (χ4n) is 2.36. The summed E-state index contributed by atoms with van der Waals surface area (Å²) >= 11 is 0. The molecule has 3 N–H and O–H groups in total. The Labute approximate surface area is 93.1 Å². The molecule has 1 fully saturated rings. The van der Waals surface area contributed by atoms with Crippen LogP contribution < -0.4 is 5.73 Å².